The van der Waals surface area contributed by atoms with Crippen molar-refractivity contribution in [3.05, 3.63) is 64.7 Å². The fourth-order valence-corrected chi connectivity index (χ4v) is 4.19. The van der Waals surface area contributed by atoms with Crippen LogP contribution in [-0.2, 0) is 9.84 Å². The van der Waals surface area contributed by atoms with Crippen LogP contribution < -0.4 is 0 Å². The molecule has 0 bridgehead atoms. The number of rotatable bonds is 3. The minimum atomic E-state index is -3.13. The van der Waals surface area contributed by atoms with Crippen LogP contribution in [0.2, 0.25) is 5.02 Å². The largest absolute Gasteiger partial charge is 0.224 e. The SMILES string of the molecule is CS(=O)(=O)c1ccc(C2CCCC2c2ccc(Cl)cc2)cc1. The molecule has 0 saturated heterocycles. The second-order valence-electron chi connectivity index (χ2n) is 6.04. The summed E-state index contributed by atoms with van der Waals surface area (Å²) < 4.78 is 23.1. The predicted octanol–water partition coefficient (Wildman–Crippen LogP) is 4.79. The lowest BCUT2D eigenvalue weighted by molar-refractivity contribution is 0.601. The number of hydrogen-bond acceptors (Lipinski definition) is 2. The minimum absolute atomic E-state index is 0.386. The zero-order valence-corrected chi connectivity index (χ0v) is 14.1. The molecule has 1 aliphatic carbocycles. The third kappa shape index (κ3) is 3.21. The van der Waals surface area contributed by atoms with Gasteiger partial charge < -0.3 is 0 Å². The molecule has 22 heavy (non-hydrogen) atoms. The fourth-order valence-electron chi connectivity index (χ4n) is 3.43. The van der Waals surface area contributed by atoms with Gasteiger partial charge in [0.2, 0.25) is 0 Å². The van der Waals surface area contributed by atoms with Crippen molar-refractivity contribution in [1.82, 2.24) is 0 Å². The van der Waals surface area contributed by atoms with Crippen molar-refractivity contribution in [3.63, 3.8) is 0 Å². The van der Waals surface area contributed by atoms with E-state index in [1.165, 1.54) is 30.2 Å². The molecular weight excluding hydrogens is 316 g/mol. The van der Waals surface area contributed by atoms with Crippen molar-refractivity contribution in [3.8, 4) is 0 Å². The minimum Gasteiger partial charge on any atom is -0.224 e. The third-order valence-corrected chi connectivity index (χ3v) is 5.93. The first kappa shape index (κ1) is 15.6. The molecule has 0 N–H and O–H groups in total. The van der Waals surface area contributed by atoms with E-state index in [-0.39, 0.29) is 0 Å². The van der Waals surface area contributed by atoms with Gasteiger partial charge >= 0.3 is 0 Å². The smallest absolute Gasteiger partial charge is 0.175 e. The molecule has 0 heterocycles. The molecule has 1 fully saturated rings. The highest BCUT2D eigenvalue weighted by atomic mass is 35.5. The molecule has 2 nitrogen and oxygen atoms in total. The molecule has 0 amide bonds. The summed E-state index contributed by atoms with van der Waals surface area (Å²) in [6.07, 6.45) is 4.76. The molecule has 2 aromatic rings. The molecule has 1 saturated carbocycles. The summed E-state index contributed by atoms with van der Waals surface area (Å²) in [7, 11) is -3.13. The molecule has 2 aromatic carbocycles. The van der Waals surface area contributed by atoms with Crippen LogP contribution in [0, 0.1) is 0 Å². The second-order valence-corrected chi connectivity index (χ2v) is 8.49. The lowest BCUT2D eigenvalue weighted by atomic mass is 9.84. The maximum absolute atomic E-state index is 11.6. The second kappa shape index (κ2) is 6.05. The van der Waals surface area contributed by atoms with Crippen molar-refractivity contribution in [1.29, 1.82) is 0 Å². The van der Waals surface area contributed by atoms with Gasteiger partial charge in [0.25, 0.3) is 0 Å². The van der Waals surface area contributed by atoms with Gasteiger partial charge in [-0.05, 0) is 60.1 Å². The Labute approximate surface area is 137 Å². The van der Waals surface area contributed by atoms with E-state index >= 15 is 0 Å². The topological polar surface area (TPSA) is 34.1 Å². The van der Waals surface area contributed by atoms with Gasteiger partial charge in [0.05, 0.1) is 4.90 Å². The summed E-state index contributed by atoms with van der Waals surface area (Å²) in [5, 5.41) is 0.760. The Morgan fingerprint density at radius 1 is 0.864 bits per heavy atom. The Bertz CT molecular complexity index is 749. The van der Waals surface area contributed by atoms with Gasteiger partial charge in [0.15, 0.2) is 9.84 Å². The summed E-state index contributed by atoms with van der Waals surface area (Å²) in [6.45, 7) is 0. The van der Waals surface area contributed by atoms with Gasteiger partial charge in [-0.25, -0.2) is 8.42 Å². The van der Waals surface area contributed by atoms with E-state index in [9.17, 15) is 8.42 Å². The normalized spacial score (nSPS) is 21.9. The van der Waals surface area contributed by atoms with E-state index in [4.69, 9.17) is 11.6 Å². The molecule has 0 aliphatic heterocycles. The van der Waals surface area contributed by atoms with Gasteiger partial charge in [-0.15, -0.1) is 0 Å². The van der Waals surface area contributed by atoms with Crippen molar-refractivity contribution < 1.29 is 8.42 Å². The highest BCUT2D eigenvalue weighted by molar-refractivity contribution is 7.90. The van der Waals surface area contributed by atoms with Crippen molar-refractivity contribution >= 4 is 21.4 Å². The molecule has 0 aromatic heterocycles. The molecule has 116 valence electrons. The summed E-state index contributed by atoms with van der Waals surface area (Å²) in [5.74, 6) is 0.941. The molecule has 2 atom stereocenters. The number of sulfone groups is 1. The van der Waals surface area contributed by atoms with E-state index in [0.29, 0.717) is 16.7 Å². The summed E-state index contributed by atoms with van der Waals surface area (Å²) in [6, 6.07) is 15.5. The van der Waals surface area contributed by atoms with Gasteiger partial charge in [-0.1, -0.05) is 42.3 Å². The average molecular weight is 335 g/mol. The van der Waals surface area contributed by atoms with Crippen LogP contribution >= 0.6 is 11.6 Å². The predicted molar refractivity (Wildman–Crippen MR) is 90.3 cm³/mol. The van der Waals surface area contributed by atoms with Crippen molar-refractivity contribution in [2.75, 3.05) is 6.26 Å². The standard InChI is InChI=1S/C18H19ClO2S/c1-22(20,21)16-11-7-14(8-12-16)18-4-2-3-17(18)13-5-9-15(19)10-6-13/h5-12,17-18H,2-4H2,1H3. The lowest BCUT2D eigenvalue weighted by Gasteiger charge is -2.21. The highest BCUT2D eigenvalue weighted by Gasteiger charge is 2.29. The zero-order valence-electron chi connectivity index (χ0n) is 12.5. The van der Waals surface area contributed by atoms with Crippen molar-refractivity contribution in [2.45, 2.75) is 36.0 Å². The number of benzene rings is 2. The maximum atomic E-state index is 11.6. The van der Waals surface area contributed by atoms with E-state index < -0.39 is 9.84 Å². The Kier molecular flexibility index (Phi) is 4.28. The van der Waals surface area contributed by atoms with Gasteiger partial charge in [0.1, 0.15) is 0 Å². The Hall–Kier alpha value is -1.32. The molecule has 4 heteroatoms. The highest BCUT2D eigenvalue weighted by Crippen LogP contribution is 2.46. The van der Waals surface area contributed by atoms with E-state index in [1.807, 2.05) is 24.3 Å². The summed E-state index contributed by atoms with van der Waals surface area (Å²) in [4.78, 5) is 0.386. The van der Waals surface area contributed by atoms with Crippen LogP contribution in [0.15, 0.2) is 53.4 Å². The van der Waals surface area contributed by atoms with E-state index in [0.717, 1.165) is 11.4 Å². The van der Waals surface area contributed by atoms with E-state index in [2.05, 4.69) is 12.1 Å². The molecule has 1 aliphatic rings. The van der Waals surface area contributed by atoms with Crippen molar-refractivity contribution in [2.24, 2.45) is 0 Å². The molecule has 0 radical (unpaired) electrons. The fraction of sp³-hybridized carbons (Fsp3) is 0.333. The third-order valence-electron chi connectivity index (χ3n) is 4.55. The Balaban J connectivity index is 1.88. The number of halogens is 1. The van der Waals surface area contributed by atoms with E-state index in [1.54, 1.807) is 12.1 Å². The molecular formula is C18H19ClO2S. The first-order valence-corrected chi connectivity index (χ1v) is 9.77. The Morgan fingerprint density at radius 3 is 1.77 bits per heavy atom. The average Bonchev–Trinajstić information content (AvgIpc) is 2.97. The lowest BCUT2D eigenvalue weighted by Crippen LogP contribution is -2.05. The summed E-state index contributed by atoms with van der Waals surface area (Å²) >= 11 is 5.97. The van der Waals surface area contributed by atoms with Gasteiger partial charge in [-0.3, -0.25) is 0 Å². The maximum Gasteiger partial charge on any atom is 0.175 e. The van der Waals surface area contributed by atoms with Crippen LogP contribution in [0.5, 0.6) is 0 Å². The van der Waals surface area contributed by atoms with Crippen LogP contribution in [0.25, 0.3) is 0 Å². The van der Waals surface area contributed by atoms with Crippen LogP contribution in [0.3, 0.4) is 0 Å². The van der Waals surface area contributed by atoms with Crippen LogP contribution in [-0.4, -0.2) is 14.7 Å². The number of hydrogen-bond donors (Lipinski definition) is 0. The zero-order chi connectivity index (χ0) is 15.7. The van der Waals surface area contributed by atoms with Crippen LogP contribution in [0.4, 0.5) is 0 Å². The first-order chi connectivity index (χ1) is 10.4. The first-order valence-electron chi connectivity index (χ1n) is 7.50. The Morgan fingerprint density at radius 2 is 1.32 bits per heavy atom. The molecule has 3 rings (SSSR count). The van der Waals surface area contributed by atoms with Gasteiger partial charge in [0, 0.05) is 11.3 Å². The summed E-state index contributed by atoms with van der Waals surface area (Å²) in [5.41, 5.74) is 2.55. The molecule has 0 spiro atoms. The molecule has 2 unspecified atom stereocenters. The van der Waals surface area contributed by atoms with Crippen LogP contribution in [0.1, 0.15) is 42.2 Å². The van der Waals surface area contributed by atoms with Gasteiger partial charge in [-0.2, -0.15) is 0 Å². The quantitative estimate of drug-likeness (QED) is 0.808. The monoisotopic (exact) mass is 334 g/mol.